The van der Waals surface area contributed by atoms with Crippen LogP contribution in [0.5, 0.6) is 0 Å². The number of ketones is 1. The maximum atomic E-state index is 14.1. The average molecular weight is 783 g/mol. The number of carbonyl (C=O) groups is 5. The second kappa shape index (κ2) is 16.6. The molecule has 3 amide bonds. The molecule has 296 valence electrons. The highest BCUT2D eigenvalue weighted by atomic mass is 35.5. The maximum Gasteiger partial charge on any atom is 0.409 e. The van der Waals surface area contributed by atoms with Gasteiger partial charge in [-0.3, -0.25) is 29.5 Å². The van der Waals surface area contributed by atoms with Crippen molar-refractivity contribution in [3.8, 4) is 0 Å². The van der Waals surface area contributed by atoms with Crippen LogP contribution in [0.25, 0.3) is 0 Å². The number of esters is 1. The summed E-state index contributed by atoms with van der Waals surface area (Å²) in [5.41, 5.74) is -0.573. The van der Waals surface area contributed by atoms with Crippen LogP contribution in [0.2, 0.25) is 5.02 Å². The molecule has 2 aromatic rings. The van der Waals surface area contributed by atoms with Crippen LogP contribution in [0.3, 0.4) is 0 Å². The molecule has 4 N–H and O–H groups in total. The van der Waals surface area contributed by atoms with E-state index in [1.54, 1.807) is 44.2 Å². The van der Waals surface area contributed by atoms with Gasteiger partial charge in [-0.15, -0.1) is 0 Å². The number of aromatic nitrogens is 1. The van der Waals surface area contributed by atoms with Crippen LogP contribution in [0.1, 0.15) is 72.5 Å². The highest BCUT2D eigenvalue weighted by Gasteiger charge is 2.64. The summed E-state index contributed by atoms with van der Waals surface area (Å²) in [5, 5.41) is 34.7. The molecule has 0 spiro atoms. The van der Waals surface area contributed by atoms with Crippen LogP contribution in [-0.2, 0) is 36.8 Å². The molecule has 3 aliphatic rings. The number of halogens is 1. The number of aliphatic hydroxyl groups excluding tert-OH is 2. The van der Waals surface area contributed by atoms with Crippen LogP contribution in [0.15, 0.2) is 54.3 Å². The minimum absolute atomic E-state index is 0.121. The van der Waals surface area contributed by atoms with Gasteiger partial charge in [-0.05, 0) is 49.6 Å². The van der Waals surface area contributed by atoms with Gasteiger partial charge < -0.3 is 39.3 Å². The average Bonchev–Trinajstić information content (AvgIpc) is 3.83. The molecular formula is C39H47ClN4O11. The lowest BCUT2D eigenvalue weighted by Gasteiger charge is -2.42. The number of likely N-dealkylation sites (N-methyl/N-ethyl adjacent to an activating group) is 1. The summed E-state index contributed by atoms with van der Waals surface area (Å²) in [6.07, 6.45) is 2.40. The van der Waals surface area contributed by atoms with Crippen molar-refractivity contribution < 1.29 is 53.5 Å². The van der Waals surface area contributed by atoms with Gasteiger partial charge in [-0.25, -0.2) is 4.79 Å². The van der Waals surface area contributed by atoms with Crippen molar-refractivity contribution >= 4 is 46.9 Å². The second-order valence-electron chi connectivity index (χ2n) is 14.7. The first-order valence-electron chi connectivity index (χ1n) is 17.8. The van der Waals surface area contributed by atoms with Crippen molar-refractivity contribution in [2.75, 3.05) is 32.1 Å². The summed E-state index contributed by atoms with van der Waals surface area (Å²) in [4.78, 5) is 71.6. The van der Waals surface area contributed by atoms with Gasteiger partial charge in [-0.1, -0.05) is 48.4 Å². The fourth-order valence-corrected chi connectivity index (χ4v) is 7.40. The summed E-state index contributed by atoms with van der Waals surface area (Å²) in [7, 11) is 2.90. The lowest BCUT2D eigenvalue weighted by molar-refractivity contribution is -0.154. The van der Waals surface area contributed by atoms with E-state index in [1.165, 1.54) is 44.2 Å². The van der Waals surface area contributed by atoms with E-state index in [-0.39, 0.29) is 28.5 Å². The Labute approximate surface area is 323 Å². The molecule has 1 aromatic heterocycles. The number of hydrogen-bond donors (Lipinski definition) is 4. The summed E-state index contributed by atoms with van der Waals surface area (Å²) >= 11 is 6.70. The number of anilines is 1. The Morgan fingerprint density at radius 2 is 1.93 bits per heavy atom. The Morgan fingerprint density at radius 1 is 1.20 bits per heavy atom. The SMILES string of the molecule is CC(=O)c1ccc(C(=O)N(C)CC(=O)O[C@H]2CC(=O)N(C)c3cc(cc(CO)c3Cl)C/C(C)=C/C=C/[C@@H](CO)[C@@]3(O)C[C@H](OC(=O)N3)[C@@H](C)[C@@H]3O[C@@]23C)cn1. The first kappa shape index (κ1) is 41.5. The van der Waals surface area contributed by atoms with Crippen molar-refractivity contribution in [1.29, 1.82) is 0 Å². The monoisotopic (exact) mass is 782 g/mol. The minimum atomic E-state index is -1.89. The van der Waals surface area contributed by atoms with Gasteiger partial charge in [-0.2, -0.15) is 0 Å². The zero-order valence-electron chi connectivity index (χ0n) is 31.6. The van der Waals surface area contributed by atoms with E-state index in [4.69, 9.17) is 25.8 Å². The van der Waals surface area contributed by atoms with Gasteiger partial charge in [0.1, 0.15) is 30.0 Å². The molecule has 5 rings (SSSR count). The van der Waals surface area contributed by atoms with Gasteiger partial charge in [0.15, 0.2) is 11.5 Å². The van der Waals surface area contributed by atoms with Crippen LogP contribution in [0.4, 0.5) is 10.5 Å². The Bertz CT molecular complexity index is 1900. The smallest absolute Gasteiger partial charge is 0.409 e. The normalized spacial score (nSPS) is 29.8. The molecule has 0 saturated carbocycles. The van der Waals surface area contributed by atoms with E-state index in [2.05, 4.69) is 10.3 Å². The van der Waals surface area contributed by atoms with Crippen LogP contribution < -0.4 is 10.2 Å². The number of fused-ring (bicyclic) bond motifs is 5. The van der Waals surface area contributed by atoms with Crippen molar-refractivity contribution in [2.24, 2.45) is 11.8 Å². The molecule has 3 aliphatic heterocycles. The fraction of sp³-hybridized carbons (Fsp3) is 0.487. The van der Waals surface area contributed by atoms with Gasteiger partial charge in [0.25, 0.3) is 5.91 Å². The summed E-state index contributed by atoms with van der Waals surface area (Å²) in [6, 6.07) is 6.29. The van der Waals surface area contributed by atoms with Crippen molar-refractivity contribution in [3.63, 3.8) is 0 Å². The summed E-state index contributed by atoms with van der Waals surface area (Å²) < 4.78 is 17.7. The standard InChI is InChI=1S/C39H47ClN4O11/c1-21-8-7-9-27(20-46)39(52)16-30(53-37(51)42-39)22(2)35-38(4,55-35)31(15-32(48)44(6)29-14-24(12-21)13-26(19-45)34(29)40)54-33(49)18-43(5)36(50)25-10-11-28(23(3)47)41-17-25/h7-11,13-14,17,22,27,30-31,35,45-46,52H,12,15-16,18-20H2,1-6H3,(H,42,51)/b9-7+,21-8+/t22-,27+,30+,31+,35+,38+,39+/m1/s1. The lowest BCUT2D eigenvalue weighted by atomic mass is 9.81. The summed E-state index contributed by atoms with van der Waals surface area (Å²) in [6.45, 7) is 5.20. The Balaban J connectivity index is 1.48. The number of alkyl carbamates (subject to hydrolysis) is 1. The summed E-state index contributed by atoms with van der Waals surface area (Å²) in [5.74, 6) is -3.71. The molecule has 1 aromatic carbocycles. The largest absolute Gasteiger partial charge is 0.457 e. The number of nitrogens with one attached hydrogen (secondary N) is 1. The molecular weight excluding hydrogens is 736 g/mol. The van der Waals surface area contributed by atoms with E-state index in [1.807, 2.05) is 6.92 Å². The first-order chi connectivity index (χ1) is 25.9. The van der Waals surface area contributed by atoms with Gasteiger partial charge >= 0.3 is 12.1 Å². The van der Waals surface area contributed by atoms with Crippen LogP contribution in [-0.4, -0.2) is 112 Å². The number of ether oxygens (including phenoxy) is 3. The van der Waals surface area contributed by atoms with E-state index in [9.17, 15) is 39.3 Å². The third-order valence-electron chi connectivity index (χ3n) is 10.5. The number of rotatable bonds is 7. The van der Waals surface area contributed by atoms with Gasteiger partial charge in [0, 0.05) is 45.5 Å². The number of aliphatic hydroxyl groups is 3. The predicted molar refractivity (Wildman–Crippen MR) is 199 cm³/mol. The van der Waals surface area contributed by atoms with Crippen molar-refractivity contribution in [2.45, 2.75) is 83.2 Å². The van der Waals surface area contributed by atoms with Crippen molar-refractivity contribution in [1.82, 2.24) is 15.2 Å². The number of carbonyl (C=O) groups excluding carboxylic acids is 5. The third kappa shape index (κ3) is 9.08. The molecule has 15 nitrogen and oxygen atoms in total. The lowest BCUT2D eigenvalue weighted by Crippen LogP contribution is -2.62. The Morgan fingerprint density at radius 3 is 2.56 bits per heavy atom. The predicted octanol–water partition coefficient (Wildman–Crippen LogP) is 3.11. The number of pyridine rings is 1. The van der Waals surface area contributed by atoms with E-state index in [0.29, 0.717) is 17.7 Å². The van der Waals surface area contributed by atoms with Crippen LogP contribution in [0, 0.1) is 11.8 Å². The zero-order chi connectivity index (χ0) is 40.4. The molecule has 7 atom stereocenters. The Kier molecular flexibility index (Phi) is 12.5. The number of hydrogen-bond acceptors (Lipinski definition) is 12. The van der Waals surface area contributed by atoms with E-state index >= 15 is 0 Å². The first-order valence-corrected chi connectivity index (χ1v) is 18.2. The molecule has 2 fully saturated rings. The highest BCUT2D eigenvalue weighted by Crippen LogP contribution is 2.49. The molecule has 2 saturated heterocycles. The number of allylic oxidation sites excluding steroid dienone is 3. The molecule has 55 heavy (non-hydrogen) atoms. The molecule has 16 heteroatoms. The molecule has 0 radical (unpaired) electrons. The number of amides is 3. The topological polar surface area (TPSA) is 208 Å². The van der Waals surface area contributed by atoms with Crippen LogP contribution >= 0.6 is 11.6 Å². The molecule has 4 heterocycles. The quantitative estimate of drug-likeness (QED) is 0.182. The van der Waals surface area contributed by atoms with Gasteiger partial charge in [0.2, 0.25) is 5.91 Å². The maximum absolute atomic E-state index is 14.1. The number of benzene rings is 1. The van der Waals surface area contributed by atoms with Gasteiger partial charge in [0.05, 0.1) is 42.0 Å². The number of nitrogens with zero attached hydrogens (tertiary/aromatic N) is 3. The Hall–Kier alpha value is -4.67. The fourth-order valence-electron chi connectivity index (χ4n) is 7.10. The minimum Gasteiger partial charge on any atom is -0.457 e. The highest BCUT2D eigenvalue weighted by molar-refractivity contribution is 6.34. The molecule has 4 bridgehead atoms. The molecule has 0 unspecified atom stereocenters. The number of Topliss-reactive ketones (excluding diaryl/α,β-unsaturated/α-hetero) is 1. The third-order valence-corrected chi connectivity index (χ3v) is 10.9. The van der Waals surface area contributed by atoms with Crippen molar-refractivity contribution in [3.05, 3.63) is 81.7 Å². The number of epoxide rings is 1. The van der Waals surface area contributed by atoms with E-state index < -0.39 is 91.5 Å². The zero-order valence-corrected chi connectivity index (χ0v) is 32.3. The van der Waals surface area contributed by atoms with E-state index in [0.717, 1.165) is 16.0 Å². The molecule has 0 aliphatic carbocycles. The second-order valence-corrected chi connectivity index (χ2v) is 15.1.